The smallest absolute Gasteiger partial charge is 0.221 e. The van der Waals surface area contributed by atoms with Gasteiger partial charge in [-0.25, -0.2) is 0 Å². The van der Waals surface area contributed by atoms with Crippen LogP contribution >= 0.6 is 0 Å². The Morgan fingerprint density at radius 2 is 1.88 bits per heavy atom. The van der Waals surface area contributed by atoms with Crippen molar-refractivity contribution in [2.24, 2.45) is 0 Å². The predicted molar refractivity (Wildman–Crippen MR) is 96.0 cm³/mol. The molecule has 0 spiro atoms. The number of hydrogen-bond acceptors (Lipinski definition) is 3. The van der Waals surface area contributed by atoms with Gasteiger partial charge in [0, 0.05) is 37.8 Å². The number of fused-ring (bicyclic) bond motifs is 1. The normalized spacial score (nSPS) is 16.6. The summed E-state index contributed by atoms with van der Waals surface area (Å²) in [4.78, 5) is 13.8. The summed E-state index contributed by atoms with van der Waals surface area (Å²) in [6.45, 7) is 8.17. The highest BCUT2D eigenvalue weighted by Crippen LogP contribution is 2.30. The van der Waals surface area contributed by atoms with E-state index in [-0.39, 0.29) is 11.5 Å². The fraction of sp³-hybridized carbons (Fsp3) is 0.350. The Balaban J connectivity index is 1.86. The number of amides is 1. The molecule has 24 heavy (non-hydrogen) atoms. The Kier molecular flexibility index (Phi) is 4.58. The van der Waals surface area contributed by atoms with Crippen molar-refractivity contribution in [3.05, 3.63) is 59.7 Å². The van der Waals surface area contributed by atoms with Crippen LogP contribution in [-0.4, -0.2) is 23.0 Å². The number of rotatable bonds is 3. The van der Waals surface area contributed by atoms with Crippen LogP contribution in [0.3, 0.4) is 0 Å². The lowest BCUT2D eigenvalue weighted by Crippen LogP contribution is -2.40. The van der Waals surface area contributed by atoms with Crippen molar-refractivity contribution in [1.29, 1.82) is 0 Å². The molecular formula is C20H24N2O2. The molecule has 0 saturated carbocycles. The van der Waals surface area contributed by atoms with Crippen LogP contribution in [0.1, 0.15) is 31.9 Å². The molecule has 126 valence electrons. The number of nitrogens with zero attached hydrogens (tertiary/aromatic N) is 1. The fourth-order valence-electron chi connectivity index (χ4n) is 3.22. The first-order valence-electron chi connectivity index (χ1n) is 8.28. The molecule has 3 rings (SSSR count). The molecule has 0 fully saturated rings. The highest BCUT2D eigenvalue weighted by molar-refractivity contribution is 5.89. The number of anilines is 1. The van der Waals surface area contributed by atoms with Gasteiger partial charge in [0.2, 0.25) is 5.91 Å². The molecule has 0 saturated heterocycles. The van der Waals surface area contributed by atoms with E-state index < -0.39 is 0 Å². The molecular weight excluding hydrogens is 300 g/mol. The molecule has 1 heterocycles. The first kappa shape index (κ1) is 16.5. The van der Waals surface area contributed by atoms with Crippen molar-refractivity contribution >= 4 is 11.6 Å². The summed E-state index contributed by atoms with van der Waals surface area (Å²) in [5.74, 6) is 0.910. The van der Waals surface area contributed by atoms with Crippen molar-refractivity contribution in [2.75, 3.05) is 11.9 Å². The number of nitrogens with one attached hydrogen (secondary N) is 1. The summed E-state index contributed by atoms with van der Waals surface area (Å²) in [5, 5.41) is 2.92. The summed E-state index contributed by atoms with van der Waals surface area (Å²) >= 11 is 0. The second-order valence-corrected chi connectivity index (χ2v) is 6.95. The molecule has 0 aliphatic carbocycles. The topological polar surface area (TPSA) is 41.6 Å². The van der Waals surface area contributed by atoms with Gasteiger partial charge in [-0.1, -0.05) is 36.4 Å². The first-order chi connectivity index (χ1) is 11.4. The van der Waals surface area contributed by atoms with Gasteiger partial charge >= 0.3 is 0 Å². The summed E-state index contributed by atoms with van der Waals surface area (Å²) in [6, 6.07) is 16.2. The maximum Gasteiger partial charge on any atom is 0.221 e. The Bertz CT molecular complexity index is 740. The van der Waals surface area contributed by atoms with E-state index in [1.165, 1.54) is 12.5 Å². The van der Waals surface area contributed by atoms with Crippen molar-refractivity contribution in [3.63, 3.8) is 0 Å². The molecule has 1 aliphatic rings. The lowest BCUT2D eigenvalue weighted by Gasteiger charge is -2.30. The van der Waals surface area contributed by atoms with Gasteiger partial charge in [-0.3, -0.25) is 9.69 Å². The van der Waals surface area contributed by atoms with Crippen LogP contribution < -0.4 is 10.1 Å². The Morgan fingerprint density at radius 3 is 2.67 bits per heavy atom. The van der Waals surface area contributed by atoms with Gasteiger partial charge in [-0.05, 0) is 31.5 Å². The molecule has 0 atom stereocenters. The standard InChI is InChI=1S/C20H24N2O2/c1-15(23)21-18-10-6-4-8-16(18)12-22-13-17-9-5-7-11-19(17)24-20(2,3)14-22/h4-11H,12-14H2,1-3H3,(H,21,23). The van der Waals surface area contributed by atoms with E-state index in [0.717, 1.165) is 36.6 Å². The number of benzene rings is 2. The Labute approximate surface area is 143 Å². The average Bonchev–Trinajstić information content (AvgIpc) is 2.62. The van der Waals surface area contributed by atoms with E-state index in [2.05, 4.69) is 36.2 Å². The van der Waals surface area contributed by atoms with Crippen LogP contribution in [0.4, 0.5) is 5.69 Å². The van der Waals surface area contributed by atoms with Gasteiger partial charge in [0.25, 0.3) is 0 Å². The highest BCUT2D eigenvalue weighted by atomic mass is 16.5. The number of carbonyl (C=O) groups is 1. The lowest BCUT2D eigenvalue weighted by molar-refractivity contribution is -0.114. The molecule has 2 aromatic rings. The minimum Gasteiger partial charge on any atom is -0.486 e. The summed E-state index contributed by atoms with van der Waals surface area (Å²) < 4.78 is 6.20. The second kappa shape index (κ2) is 6.65. The summed E-state index contributed by atoms with van der Waals surface area (Å²) in [7, 11) is 0. The second-order valence-electron chi connectivity index (χ2n) is 6.95. The van der Waals surface area contributed by atoms with Gasteiger partial charge in [0.15, 0.2) is 0 Å². The molecule has 0 aromatic heterocycles. The van der Waals surface area contributed by atoms with Crippen LogP contribution in [0.25, 0.3) is 0 Å². The van der Waals surface area contributed by atoms with E-state index in [0.29, 0.717) is 0 Å². The minimum absolute atomic E-state index is 0.0488. The molecule has 1 N–H and O–H groups in total. The Hall–Kier alpha value is -2.33. The maximum atomic E-state index is 11.4. The van der Waals surface area contributed by atoms with Crippen LogP contribution in [0.15, 0.2) is 48.5 Å². The van der Waals surface area contributed by atoms with Crippen molar-refractivity contribution in [1.82, 2.24) is 4.90 Å². The predicted octanol–water partition coefficient (Wildman–Crippen LogP) is 3.82. The van der Waals surface area contributed by atoms with E-state index >= 15 is 0 Å². The van der Waals surface area contributed by atoms with Crippen LogP contribution in [0, 0.1) is 0 Å². The van der Waals surface area contributed by atoms with E-state index in [1.807, 2.05) is 36.4 Å². The Morgan fingerprint density at radius 1 is 1.17 bits per heavy atom. The SMILES string of the molecule is CC(=O)Nc1ccccc1CN1Cc2ccccc2OC(C)(C)C1. The lowest BCUT2D eigenvalue weighted by atomic mass is 10.1. The van der Waals surface area contributed by atoms with E-state index in [1.54, 1.807) is 0 Å². The first-order valence-corrected chi connectivity index (χ1v) is 8.28. The quantitative estimate of drug-likeness (QED) is 0.933. The largest absolute Gasteiger partial charge is 0.486 e. The zero-order valence-corrected chi connectivity index (χ0v) is 14.5. The number of ether oxygens (including phenoxy) is 1. The van der Waals surface area contributed by atoms with E-state index in [9.17, 15) is 4.79 Å². The fourth-order valence-corrected chi connectivity index (χ4v) is 3.22. The molecule has 4 nitrogen and oxygen atoms in total. The molecule has 0 bridgehead atoms. The monoisotopic (exact) mass is 324 g/mol. The van der Waals surface area contributed by atoms with Gasteiger partial charge in [0.1, 0.15) is 11.4 Å². The molecule has 1 amide bonds. The molecule has 1 aliphatic heterocycles. The van der Waals surface area contributed by atoms with Crippen LogP contribution in [-0.2, 0) is 17.9 Å². The number of para-hydroxylation sites is 2. The van der Waals surface area contributed by atoms with Gasteiger partial charge in [-0.2, -0.15) is 0 Å². The van der Waals surface area contributed by atoms with E-state index in [4.69, 9.17) is 4.74 Å². The third-order valence-electron chi connectivity index (χ3n) is 4.08. The van der Waals surface area contributed by atoms with Gasteiger partial charge in [-0.15, -0.1) is 0 Å². The number of hydrogen-bond donors (Lipinski definition) is 1. The minimum atomic E-state index is -0.268. The van der Waals surface area contributed by atoms with Crippen molar-refractivity contribution in [2.45, 2.75) is 39.5 Å². The summed E-state index contributed by atoms with van der Waals surface area (Å²) in [5.41, 5.74) is 2.92. The van der Waals surface area contributed by atoms with Crippen molar-refractivity contribution < 1.29 is 9.53 Å². The molecule has 0 unspecified atom stereocenters. The van der Waals surface area contributed by atoms with Crippen LogP contribution in [0.2, 0.25) is 0 Å². The molecule has 4 heteroatoms. The van der Waals surface area contributed by atoms with Crippen LogP contribution in [0.5, 0.6) is 5.75 Å². The van der Waals surface area contributed by atoms with Gasteiger partial charge in [0.05, 0.1) is 0 Å². The average molecular weight is 324 g/mol. The third-order valence-corrected chi connectivity index (χ3v) is 4.08. The summed E-state index contributed by atoms with van der Waals surface area (Å²) in [6.07, 6.45) is 0. The maximum absolute atomic E-state index is 11.4. The highest BCUT2D eigenvalue weighted by Gasteiger charge is 2.29. The third kappa shape index (κ3) is 3.95. The van der Waals surface area contributed by atoms with Gasteiger partial charge < -0.3 is 10.1 Å². The van der Waals surface area contributed by atoms with Crippen molar-refractivity contribution in [3.8, 4) is 5.75 Å². The zero-order chi connectivity index (χ0) is 17.2. The molecule has 0 radical (unpaired) electrons. The molecule has 2 aromatic carbocycles. The zero-order valence-electron chi connectivity index (χ0n) is 14.5. The number of carbonyl (C=O) groups excluding carboxylic acids is 1.